The number of benzene rings is 1. The topological polar surface area (TPSA) is 26.2 Å². The van der Waals surface area contributed by atoms with Gasteiger partial charge >= 0.3 is 6.18 Å². The molecule has 0 saturated carbocycles. The maximum Gasteiger partial charge on any atom is 0.411 e. The van der Waals surface area contributed by atoms with E-state index >= 15 is 0 Å². The Morgan fingerprint density at radius 1 is 1.24 bits per heavy atom. The van der Waals surface area contributed by atoms with Gasteiger partial charge < -0.3 is 14.6 Å². The molecule has 0 spiro atoms. The molecule has 6 heteroatoms. The van der Waals surface area contributed by atoms with Gasteiger partial charge in [0.15, 0.2) is 0 Å². The van der Waals surface area contributed by atoms with Gasteiger partial charge in [-0.25, -0.2) is 0 Å². The number of hydrogen-bond acceptors (Lipinski definition) is 2. The van der Waals surface area contributed by atoms with Crippen LogP contribution in [0.4, 0.5) is 13.2 Å². The van der Waals surface area contributed by atoms with Crippen LogP contribution in [0.3, 0.4) is 0 Å². The molecule has 3 nitrogen and oxygen atoms in total. The van der Waals surface area contributed by atoms with E-state index in [-0.39, 0.29) is 6.61 Å². The number of ether oxygens (including phenoxy) is 1. The summed E-state index contributed by atoms with van der Waals surface area (Å²) in [5.41, 5.74) is 2.20. The first-order valence-corrected chi connectivity index (χ1v) is 6.92. The van der Waals surface area contributed by atoms with Crippen molar-refractivity contribution in [3.63, 3.8) is 0 Å². The lowest BCUT2D eigenvalue weighted by molar-refractivity contribution is -0.174. The molecule has 0 amide bonds. The second-order valence-electron chi connectivity index (χ2n) is 4.85. The van der Waals surface area contributed by atoms with Crippen LogP contribution in [0, 0.1) is 0 Å². The highest BCUT2D eigenvalue weighted by Gasteiger charge is 2.27. The highest BCUT2D eigenvalue weighted by atomic mass is 19.4. The predicted molar refractivity (Wildman–Crippen MR) is 76.2 cm³/mol. The second kappa shape index (κ2) is 6.95. The summed E-state index contributed by atoms with van der Waals surface area (Å²) < 4.78 is 42.5. The van der Waals surface area contributed by atoms with Crippen molar-refractivity contribution in [1.29, 1.82) is 0 Å². The Bertz CT molecular complexity index is 578. The molecule has 0 aliphatic rings. The molecule has 21 heavy (non-hydrogen) atoms. The third kappa shape index (κ3) is 4.75. The van der Waals surface area contributed by atoms with Gasteiger partial charge in [0.2, 0.25) is 0 Å². The first kappa shape index (κ1) is 15.9. The van der Waals surface area contributed by atoms with Crippen molar-refractivity contribution >= 4 is 10.9 Å². The Balaban J connectivity index is 1.95. The fourth-order valence-corrected chi connectivity index (χ4v) is 2.17. The molecular formula is C15H19F3N2O. The van der Waals surface area contributed by atoms with Crippen LogP contribution in [0.2, 0.25) is 0 Å². The molecule has 0 unspecified atom stereocenters. The van der Waals surface area contributed by atoms with Gasteiger partial charge in [-0.3, -0.25) is 0 Å². The van der Waals surface area contributed by atoms with Crippen LogP contribution in [0.1, 0.15) is 12.5 Å². The summed E-state index contributed by atoms with van der Waals surface area (Å²) in [7, 11) is 0. The minimum absolute atomic E-state index is 0.0441. The lowest BCUT2D eigenvalue weighted by Crippen LogP contribution is -2.18. The first-order chi connectivity index (χ1) is 9.99. The molecule has 0 saturated heterocycles. The van der Waals surface area contributed by atoms with E-state index in [0.29, 0.717) is 6.54 Å². The average Bonchev–Trinajstić information content (AvgIpc) is 2.83. The Morgan fingerprint density at radius 3 is 2.76 bits per heavy atom. The van der Waals surface area contributed by atoms with Crippen molar-refractivity contribution in [2.75, 3.05) is 19.8 Å². The van der Waals surface area contributed by atoms with Gasteiger partial charge in [0, 0.05) is 24.8 Å². The largest absolute Gasteiger partial charge is 0.411 e. The van der Waals surface area contributed by atoms with Crippen LogP contribution >= 0.6 is 0 Å². The summed E-state index contributed by atoms with van der Waals surface area (Å²) >= 11 is 0. The van der Waals surface area contributed by atoms with Crippen molar-refractivity contribution in [2.45, 2.75) is 26.2 Å². The molecule has 2 rings (SSSR count). The Hall–Kier alpha value is -1.53. The molecule has 0 atom stereocenters. The number of aromatic nitrogens is 1. The standard InChI is InChI=1S/C15H19F3N2O/c1-2-19-10-12-3-4-14-13(9-12)5-6-20(14)7-8-21-11-15(16,17)18/h3-6,9,19H,2,7-8,10-11H2,1H3. The monoisotopic (exact) mass is 300 g/mol. The van der Waals surface area contributed by atoms with E-state index in [1.165, 1.54) is 5.56 Å². The van der Waals surface area contributed by atoms with Crippen LogP contribution in [-0.2, 0) is 17.8 Å². The SMILES string of the molecule is CCNCc1ccc2c(ccn2CCOCC(F)(F)F)c1. The van der Waals surface area contributed by atoms with Crippen LogP contribution < -0.4 is 5.32 Å². The molecular weight excluding hydrogens is 281 g/mol. The Morgan fingerprint density at radius 2 is 2.05 bits per heavy atom. The number of nitrogens with zero attached hydrogens (tertiary/aromatic N) is 1. The predicted octanol–water partition coefficient (Wildman–Crippen LogP) is 3.33. The second-order valence-corrected chi connectivity index (χ2v) is 4.85. The highest BCUT2D eigenvalue weighted by Crippen LogP contribution is 2.18. The zero-order valence-corrected chi connectivity index (χ0v) is 11.9. The van der Waals surface area contributed by atoms with Crippen molar-refractivity contribution in [1.82, 2.24) is 9.88 Å². The van der Waals surface area contributed by atoms with E-state index in [4.69, 9.17) is 0 Å². The number of alkyl halides is 3. The Labute approximate surface area is 121 Å². The first-order valence-electron chi connectivity index (χ1n) is 6.92. The molecule has 0 aliphatic heterocycles. The van der Waals surface area contributed by atoms with Crippen molar-refractivity contribution < 1.29 is 17.9 Å². The molecule has 0 fully saturated rings. The zero-order chi connectivity index (χ0) is 15.3. The van der Waals surface area contributed by atoms with E-state index < -0.39 is 12.8 Å². The van der Waals surface area contributed by atoms with E-state index in [1.807, 2.05) is 29.0 Å². The van der Waals surface area contributed by atoms with Gasteiger partial charge in [-0.15, -0.1) is 0 Å². The van der Waals surface area contributed by atoms with Gasteiger partial charge in [-0.05, 0) is 35.7 Å². The molecule has 116 valence electrons. The molecule has 1 aromatic heterocycles. The lowest BCUT2D eigenvalue weighted by Gasteiger charge is -2.09. The van der Waals surface area contributed by atoms with Crippen LogP contribution in [0.15, 0.2) is 30.5 Å². The average molecular weight is 300 g/mol. The summed E-state index contributed by atoms with van der Waals surface area (Å²) in [6, 6.07) is 8.07. The minimum atomic E-state index is -4.26. The summed E-state index contributed by atoms with van der Waals surface area (Å²) in [4.78, 5) is 0. The van der Waals surface area contributed by atoms with Crippen LogP contribution in [0.5, 0.6) is 0 Å². The number of halogens is 3. The summed E-state index contributed by atoms with van der Waals surface area (Å²) in [5.74, 6) is 0. The van der Waals surface area contributed by atoms with E-state index in [9.17, 15) is 13.2 Å². The van der Waals surface area contributed by atoms with Gasteiger partial charge in [0.05, 0.1) is 6.61 Å². The van der Waals surface area contributed by atoms with Crippen molar-refractivity contribution in [3.05, 3.63) is 36.0 Å². The minimum Gasteiger partial charge on any atom is -0.370 e. The third-order valence-electron chi connectivity index (χ3n) is 3.16. The van der Waals surface area contributed by atoms with Crippen LogP contribution in [-0.4, -0.2) is 30.5 Å². The fourth-order valence-electron chi connectivity index (χ4n) is 2.17. The maximum absolute atomic E-state index is 12.0. The molecule has 1 N–H and O–H groups in total. The number of hydrogen-bond donors (Lipinski definition) is 1. The van der Waals surface area contributed by atoms with Crippen molar-refractivity contribution in [3.8, 4) is 0 Å². The third-order valence-corrected chi connectivity index (χ3v) is 3.16. The van der Waals surface area contributed by atoms with Gasteiger partial charge in [0.25, 0.3) is 0 Å². The van der Waals surface area contributed by atoms with Gasteiger partial charge in [-0.2, -0.15) is 13.2 Å². The fraction of sp³-hybridized carbons (Fsp3) is 0.467. The number of rotatable bonds is 7. The zero-order valence-electron chi connectivity index (χ0n) is 11.9. The molecule has 0 radical (unpaired) electrons. The molecule has 0 bridgehead atoms. The van der Waals surface area contributed by atoms with E-state index in [1.54, 1.807) is 0 Å². The molecule has 1 aromatic carbocycles. The summed E-state index contributed by atoms with van der Waals surface area (Å²) in [5, 5.41) is 4.34. The van der Waals surface area contributed by atoms with E-state index in [2.05, 4.69) is 23.0 Å². The van der Waals surface area contributed by atoms with Crippen molar-refractivity contribution in [2.24, 2.45) is 0 Å². The number of fused-ring (bicyclic) bond motifs is 1. The van der Waals surface area contributed by atoms with Crippen LogP contribution in [0.25, 0.3) is 10.9 Å². The van der Waals surface area contributed by atoms with Gasteiger partial charge in [-0.1, -0.05) is 13.0 Å². The molecule has 1 heterocycles. The lowest BCUT2D eigenvalue weighted by atomic mass is 10.1. The molecule has 2 aromatic rings. The number of nitrogens with one attached hydrogen (secondary N) is 1. The summed E-state index contributed by atoms with van der Waals surface area (Å²) in [6.07, 6.45) is -2.39. The maximum atomic E-state index is 12.0. The Kier molecular flexibility index (Phi) is 5.25. The summed E-state index contributed by atoms with van der Waals surface area (Å²) in [6.45, 7) is 3.03. The molecule has 0 aliphatic carbocycles. The highest BCUT2D eigenvalue weighted by molar-refractivity contribution is 5.80. The van der Waals surface area contributed by atoms with Gasteiger partial charge in [0.1, 0.15) is 6.61 Å². The smallest absolute Gasteiger partial charge is 0.370 e. The quantitative estimate of drug-likeness (QED) is 0.794. The van der Waals surface area contributed by atoms with E-state index in [0.717, 1.165) is 24.0 Å². The normalized spacial score (nSPS) is 12.2.